The fourth-order valence-electron chi connectivity index (χ4n) is 8.40. The molecule has 1 saturated carbocycles. The highest BCUT2D eigenvalue weighted by atomic mass is 32.2. The van der Waals surface area contributed by atoms with E-state index in [-0.39, 0.29) is 0 Å². The Hall–Kier alpha value is -3.89. The monoisotopic (exact) mass is 521 g/mol. The minimum atomic E-state index is -0.434. The number of para-hydroxylation sites is 1. The molecule has 1 unspecified atom stereocenters. The van der Waals surface area contributed by atoms with Crippen LogP contribution in [-0.2, 0) is 5.54 Å². The molecule has 1 spiro atoms. The van der Waals surface area contributed by atoms with Crippen LogP contribution in [0.5, 0.6) is 0 Å². The van der Waals surface area contributed by atoms with E-state index in [1.54, 1.807) is 0 Å². The van der Waals surface area contributed by atoms with Gasteiger partial charge in [-0.05, 0) is 66.8 Å². The van der Waals surface area contributed by atoms with E-state index in [0.29, 0.717) is 6.04 Å². The van der Waals surface area contributed by atoms with Gasteiger partial charge in [0.15, 0.2) is 22.9 Å². The zero-order valence-electron chi connectivity index (χ0n) is 21.6. The van der Waals surface area contributed by atoms with Crippen molar-refractivity contribution in [1.29, 1.82) is 0 Å². The van der Waals surface area contributed by atoms with E-state index in [2.05, 4.69) is 111 Å². The molecule has 6 aromatic rings. The zero-order valence-corrected chi connectivity index (χ0v) is 22.4. The second-order valence-electron chi connectivity index (χ2n) is 11.6. The van der Waals surface area contributed by atoms with Gasteiger partial charge in [-0.1, -0.05) is 66.7 Å². The van der Waals surface area contributed by atoms with Crippen LogP contribution in [0.2, 0.25) is 0 Å². The van der Waals surface area contributed by atoms with Gasteiger partial charge in [-0.3, -0.25) is 0 Å². The van der Waals surface area contributed by atoms with Gasteiger partial charge in [0.1, 0.15) is 6.04 Å². The molecular formula is C35H27N3S+2. The highest BCUT2D eigenvalue weighted by Gasteiger charge is 2.69. The molecule has 39 heavy (non-hydrogen) atoms. The molecule has 1 aliphatic carbocycles. The fourth-order valence-corrected chi connectivity index (χ4v) is 9.55. The summed E-state index contributed by atoms with van der Waals surface area (Å²) in [5.74, 6) is 1.42. The molecule has 2 aromatic heterocycles. The van der Waals surface area contributed by atoms with Crippen molar-refractivity contribution in [3.63, 3.8) is 0 Å². The Morgan fingerprint density at radius 3 is 2.59 bits per heavy atom. The van der Waals surface area contributed by atoms with Crippen LogP contribution in [-0.4, -0.2) is 4.57 Å². The van der Waals surface area contributed by atoms with Crippen LogP contribution in [0.3, 0.4) is 0 Å². The minimum Gasteiger partial charge on any atom is -0.217 e. The first kappa shape index (κ1) is 21.0. The van der Waals surface area contributed by atoms with Crippen LogP contribution in [0.15, 0.2) is 107 Å². The molecule has 0 saturated heterocycles. The predicted octanol–water partition coefficient (Wildman–Crippen LogP) is 7.46. The molecule has 0 bridgehead atoms. The highest BCUT2D eigenvalue weighted by Crippen LogP contribution is 2.57. The maximum atomic E-state index is 2.80. The number of benzene rings is 4. The van der Waals surface area contributed by atoms with Crippen LogP contribution < -0.4 is 9.13 Å². The number of nitrogens with zero attached hydrogens (tertiary/aromatic N) is 3. The summed E-state index contributed by atoms with van der Waals surface area (Å²) in [6.07, 6.45) is 8.82. The van der Waals surface area contributed by atoms with E-state index in [0.717, 1.165) is 0 Å². The van der Waals surface area contributed by atoms with Crippen LogP contribution in [0.4, 0.5) is 0 Å². The Morgan fingerprint density at radius 2 is 1.64 bits per heavy atom. The number of hydrogen-bond donors (Lipinski definition) is 0. The molecule has 4 aromatic carbocycles. The number of fused-ring (bicyclic) bond motifs is 9. The Balaban J connectivity index is 1.51. The predicted molar refractivity (Wildman–Crippen MR) is 155 cm³/mol. The molecule has 1 fully saturated rings. The van der Waals surface area contributed by atoms with Crippen LogP contribution >= 0.6 is 11.8 Å². The largest absolute Gasteiger partial charge is 0.347 e. The van der Waals surface area contributed by atoms with E-state index in [4.69, 9.17) is 0 Å². The highest BCUT2D eigenvalue weighted by molar-refractivity contribution is 7.99. The van der Waals surface area contributed by atoms with E-state index >= 15 is 0 Å². The molecule has 5 heterocycles. The number of pyridine rings is 1. The Morgan fingerprint density at radius 1 is 0.795 bits per heavy atom. The maximum absolute atomic E-state index is 2.80. The first-order valence-electron chi connectivity index (χ1n) is 14.3. The average Bonchev–Trinajstić information content (AvgIpc) is 3.60. The summed E-state index contributed by atoms with van der Waals surface area (Å²) in [6.45, 7) is 0. The molecule has 0 amide bonds. The van der Waals surface area contributed by atoms with Crippen molar-refractivity contribution in [1.82, 2.24) is 4.57 Å². The SMILES string of the molecule is c1ccc2c(c1)-c1cccc[n+]1C21c2c3c(cc4ccccc24)Sc2cccc4c2[n+]-3c1n4C1CCCCC1. The quantitative estimate of drug-likeness (QED) is 0.204. The van der Waals surface area contributed by atoms with Gasteiger partial charge in [0.2, 0.25) is 5.69 Å². The Bertz CT molecular complexity index is 2000. The normalized spacial score (nSPS) is 20.2. The lowest BCUT2D eigenvalue weighted by Crippen LogP contribution is -2.58. The third-order valence-electron chi connectivity index (χ3n) is 9.77. The van der Waals surface area contributed by atoms with Crippen molar-refractivity contribution in [3.05, 3.63) is 114 Å². The maximum Gasteiger partial charge on any atom is 0.347 e. The third-order valence-corrected chi connectivity index (χ3v) is 10.9. The smallest absolute Gasteiger partial charge is 0.217 e. The molecule has 186 valence electrons. The second kappa shape index (κ2) is 7.19. The Kier molecular flexibility index (Phi) is 3.87. The molecule has 3 aliphatic heterocycles. The standard InChI is InChI=1S/C35H27N3S/c1-2-12-23(13-3-1)37-28-18-10-19-29-32(28)38-33-30(39-29)21-22-11-4-5-14-24(22)31(33)35(34(37)38)26-16-7-6-15-25(26)27-17-8-9-20-36(27)35/h4-11,14-21,23H,1-3,12-13H2/q+2. The lowest BCUT2D eigenvalue weighted by Gasteiger charge is -2.25. The summed E-state index contributed by atoms with van der Waals surface area (Å²) in [5, 5.41) is 2.69. The lowest BCUT2D eigenvalue weighted by molar-refractivity contribution is -0.733. The van der Waals surface area contributed by atoms with Gasteiger partial charge in [-0.2, -0.15) is 9.13 Å². The minimum absolute atomic E-state index is 0.434. The first-order chi connectivity index (χ1) is 19.4. The van der Waals surface area contributed by atoms with Crippen molar-refractivity contribution in [2.75, 3.05) is 0 Å². The fraction of sp³-hybridized carbons (Fsp3) is 0.200. The molecule has 10 rings (SSSR count). The van der Waals surface area contributed by atoms with Crippen molar-refractivity contribution in [2.45, 2.75) is 53.5 Å². The molecule has 4 heteroatoms. The number of hydrogen-bond acceptors (Lipinski definition) is 1. The molecule has 0 N–H and O–H groups in total. The summed E-state index contributed by atoms with van der Waals surface area (Å²) >= 11 is 1.96. The first-order valence-corrected chi connectivity index (χ1v) is 15.1. The summed E-state index contributed by atoms with van der Waals surface area (Å²) in [4.78, 5) is 2.74. The summed E-state index contributed by atoms with van der Waals surface area (Å²) < 4.78 is 8.10. The summed E-state index contributed by atoms with van der Waals surface area (Å²) in [7, 11) is 0. The molecule has 0 radical (unpaired) electrons. The van der Waals surface area contributed by atoms with Gasteiger partial charge in [-0.15, -0.1) is 0 Å². The van der Waals surface area contributed by atoms with Crippen LogP contribution in [0, 0.1) is 0 Å². The van der Waals surface area contributed by atoms with Gasteiger partial charge in [0.05, 0.1) is 26.5 Å². The van der Waals surface area contributed by atoms with Crippen molar-refractivity contribution < 1.29 is 9.13 Å². The van der Waals surface area contributed by atoms with Crippen molar-refractivity contribution in [2.24, 2.45) is 0 Å². The van der Waals surface area contributed by atoms with E-state index in [1.165, 1.54) is 97.6 Å². The lowest BCUT2D eigenvalue weighted by atomic mass is 9.80. The molecule has 3 nitrogen and oxygen atoms in total. The molecule has 4 aliphatic rings. The topological polar surface area (TPSA) is 12.7 Å². The van der Waals surface area contributed by atoms with E-state index < -0.39 is 5.54 Å². The third kappa shape index (κ3) is 2.32. The average molecular weight is 522 g/mol. The van der Waals surface area contributed by atoms with Gasteiger partial charge >= 0.3 is 11.4 Å². The molecule has 1 atom stereocenters. The van der Waals surface area contributed by atoms with E-state index in [9.17, 15) is 0 Å². The molecular weight excluding hydrogens is 494 g/mol. The summed E-state index contributed by atoms with van der Waals surface area (Å²) in [5.41, 5.74) is 9.25. The Labute approximate surface area is 231 Å². The number of aromatic nitrogens is 3. The van der Waals surface area contributed by atoms with Crippen molar-refractivity contribution >= 4 is 33.6 Å². The van der Waals surface area contributed by atoms with Gasteiger partial charge < -0.3 is 0 Å². The van der Waals surface area contributed by atoms with Crippen LogP contribution in [0.1, 0.15) is 55.1 Å². The van der Waals surface area contributed by atoms with Crippen LogP contribution in [0.25, 0.3) is 38.8 Å². The second-order valence-corrected chi connectivity index (χ2v) is 12.7. The van der Waals surface area contributed by atoms with Gasteiger partial charge in [0, 0.05) is 12.1 Å². The number of imidazole rings is 1. The van der Waals surface area contributed by atoms with Gasteiger partial charge in [-0.25, -0.2) is 4.57 Å². The van der Waals surface area contributed by atoms with E-state index in [1.807, 2.05) is 11.8 Å². The summed E-state index contributed by atoms with van der Waals surface area (Å²) in [6, 6.07) is 34.9. The van der Waals surface area contributed by atoms with Crippen molar-refractivity contribution in [3.8, 4) is 16.9 Å². The zero-order chi connectivity index (χ0) is 25.3. The number of rotatable bonds is 1. The van der Waals surface area contributed by atoms with Gasteiger partial charge in [0.25, 0.3) is 0 Å².